The summed E-state index contributed by atoms with van der Waals surface area (Å²) in [7, 11) is 0. The maximum atomic E-state index is 10.3. The van der Waals surface area contributed by atoms with Crippen molar-refractivity contribution < 1.29 is 115 Å². The molecule has 24 heteroatoms. The molecule has 0 aliphatic rings. The Hall–Kier alpha value is -3.97. The van der Waals surface area contributed by atoms with Gasteiger partial charge in [-0.15, -0.1) is 0 Å². The van der Waals surface area contributed by atoms with E-state index in [1.165, 1.54) is 0 Å². The van der Waals surface area contributed by atoms with Crippen molar-refractivity contribution in [2.24, 2.45) is 0 Å². The zero-order valence-electron chi connectivity index (χ0n) is 21.3. The second-order valence-electron chi connectivity index (χ2n) is 7.43. The van der Waals surface area contributed by atoms with E-state index < -0.39 is 109 Å². The van der Waals surface area contributed by atoms with E-state index in [4.69, 9.17) is 61.3 Å². The molecule has 0 bridgehead atoms. The fourth-order valence-corrected chi connectivity index (χ4v) is 2.14. The van der Waals surface area contributed by atoms with Gasteiger partial charge < -0.3 is 72.2 Å². The average Bonchev–Trinajstić information content (AvgIpc) is 2.64. The molecule has 0 rings (SSSR count). The fraction of sp³-hybridized carbons (Fsp3) is 0.500. The Morgan fingerprint density at radius 2 is 0.429 bits per heavy atom. The van der Waals surface area contributed by atoms with Crippen LogP contribution in [0.5, 0.6) is 0 Å². The molecule has 0 fully saturated rings. The summed E-state index contributed by atoms with van der Waals surface area (Å²) >= 11 is 0. The van der Waals surface area contributed by atoms with Crippen molar-refractivity contribution in [3.63, 3.8) is 0 Å². The summed E-state index contributed by atoms with van der Waals surface area (Å²) in [6, 6.07) is 0. The van der Waals surface area contributed by atoms with E-state index in [9.17, 15) is 43.2 Å². The Kier molecular flexibility index (Phi) is 26.3. The molecular weight excluding hydrogens is 607 g/mol. The monoisotopic (exact) mass is 635 g/mol. The van der Waals surface area contributed by atoms with Crippen LogP contribution in [0, 0.1) is 0 Å². The van der Waals surface area contributed by atoms with E-state index in [1.807, 2.05) is 0 Å². The van der Waals surface area contributed by atoms with Crippen LogP contribution in [-0.4, -0.2) is 172 Å². The first-order valence-electron chi connectivity index (χ1n) is 9.51. The zero-order valence-corrected chi connectivity index (χ0v) is 23.3. The molecule has 0 heterocycles. The predicted molar refractivity (Wildman–Crippen MR) is 124 cm³/mol. The SMILES string of the molecule is O.O.O=C(O)CC(O)(CC(=O)O)C(=O)O.O=C(O)CC(O)(CC(=O)O)C(=O)O.O=C(O)CC(O)(CC(=O)O)C(=O)O.[Na]. The van der Waals surface area contributed by atoms with E-state index in [2.05, 4.69) is 0 Å². The first-order valence-corrected chi connectivity index (χ1v) is 9.51. The Bertz CT molecular complexity index is 814. The van der Waals surface area contributed by atoms with Gasteiger partial charge in [-0.25, -0.2) is 14.4 Å². The molecule has 0 aromatic rings. The Labute approximate surface area is 253 Å². The summed E-state index contributed by atoms with van der Waals surface area (Å²) in [6.07, 6.45) is -6.87. The number of hydrogen-bond donors (Lipinski definition) is 12. The van der Waals surface area contributed by atoms with Crippen molar-refractivity contribution in [1.29, 1.82) is 0 Å². The minimum absolute atomic E-state index is 0. The quantitative estimate of drug-likeness (QED) is 0.0745. The number of aliphatic carboxylic acids is 9. The standard InChI is InChI=1S/3C6H8O7.Na.2H2O/c3*7-3(8)1-6(13,5(11)12)2-4(9)10;;;/h3*13H,1-2H2,(H,7,8)(H,9,10)(H,11,12);;2*1H2. The smallest absolute Gasteiger partial charge is 0.336 e. The molecule has 0 aromatic heterocycles. The van der Waals surface area contributed by atoms with E-state index in [0.717, 1.165) is 0 Å². The van der Waals surface area contributed by atoms with Crippen LogP contribution in [0.15, 0.2) is 0 Å². The van der Waals surface area contributed by atoms with Crippen LogP contribution < -0.4 is 0 Å². The van der Waals surface area contributed by atoms with Crippen molar-refractivity contribution in [2.75, 3.05) is 0 Å². The van der Waals surface area contributed by atoms with Gasteiger partial charge in [-0.2, -0.15) is 0 Å². The summed E-state index contributed by atoms with van der Waals surface area (Å²) in [4.78, 5) is 91.5. The Balaban J connectivity index is -0.000000112. The van der Waals surface area contributed by atoms with Crippen molar-refractivity contribution in [2.45, 2.75) is 55.3 Å². The van der Waals surface area contributed by atoms with Crippen molar-refractivity contribution in [3.8, 4) is 0 Å². The van der Waals surface area contributed by atoms with E-state index in [1.54, 1.807) is 0 Å². The van der Waals surface area contributed by atoms with Crippen LogP contribution in [-0.2, 0) is 43.2 Å². The van der Waals surface area contributed by atoms with E-state index >= 15 is 0 Å². The number of carboxylic acids is 9. The molecule has 0 aliphatic carbocycles. The molecule has 0 aromatic carbocycles. The average molecular weight is 635 g/mol. The van der Waals surface area contributed by atoms with Crippen LogP contribution in [0.2, 0.25) is 0 Å². The molecule has 0 atom stereocenters. The van der Waals surface area contributed by atoms with Crippen LogP contribution in [0.4, 0.5) is 0 Å². The van der Waals surface area contributed by atoms with Crippen LogP contribution >= 0.6 is 0 Å². The third-order valence-electron chi connectivity index (χ3n) is 3.86. The van der Waals surface area contributed by atoms with Gasteiger partial charge in [-0.05, 0) is 0 Å². The summed E-state index contributed by atoms with van der Waals surface area (Å²) < 4.78 is 0. The van der Waals surface area contributed by atoms with Gasteiger partial charge in [0.25, 0.3) is 0 Å². The van der Waals surface area contributed by atoms with Crippen LogP contribution in [0.25, 0.3) is 0 Å². The van der Waals surface area contributed by atoms with Gasteiger partial charge in [0, 0.05) is 29.6 Å². The maximum Gasteiger partial charge on any atom is 0.336 e. The predicted octanol–water partition coefficient (Wildman–Crippen LogP) is -5.78. The molecule has 0 aliphatic heterocycles. The van der Waals surface area contributed by atoms with Gasteiger partial charge in [0.1, 0.15) is 0 Å². The number of hydrogen-bond acceptors (Lipinski definition) is 12. The summed E-state index contributed by atoms with van der Waals surface area (Å²) in [6.45, 7) is 0. The van der Waals surface area contributed by atoms with Gasteiger partial charge in [0.05, 0.1) is 38.5 Å². The normalized spacial score (nSPS) is 10.1. The second kappa shape index (κ2) is 21.7. The zero-order chi connectivity index (χ0) is 31.9. The van der Waals surface area contributed by atoms with Crippen LogP contribution in [0.3, 0.4) is 0 Å². The third kappa shape index (κ3) is 22.8. The van der Waals surface area contributed by atoms with Gasteiger partial charge in [-0.3, -0.25) is 28.8 Å². The van der Waals surface area contributed by atoms with Crippen LogP contribution in [0.1, 0.15) is 38.5 Å². The summed E-state index contributed by atoms with van der Waals surface area (Å²) in [5, 5.41) is 101. The largest absolute Gasteiger partial charge is 0.481 e. The molecule has 23 nitrogen and oxygen atoms in total. The molecule has 16 N–H and O–H groups in total. The molecular formula is C18H28NaO23. The molecule has 42 heavy (non-hydrogen) atoms. The van der Waals surface area contributed by atoms with E-state index in [-0.39, 0.29) is 40.5 Å². The number of aliphatic hydroxyl groups is 3. The third-order valence-corrected chi connectivity index (χ3v) is 3.86. The Morgan fingerprint density at radius 3 is 0.476 bits per heavy atom. The second-order valence-corrected chi connectivity index (χ2v) is 7.43. The van der Waals surface area contributed by atoms with Crippen molar-refractivity contribution >= 4 is 83.3 Å². The summed E-state index contributed by atoms with van der Waals surface area (Å²) in [5.41, 5.74) is -8.22. The van der Waals surface area contributed by atoms with Crippen molar-refractivity contribution in [1.82, 2.24) is 0 Å². The topological polar surface area (TPSA) is 459 Å². The van der Waals surface area contributed by atoms with Crippen molar-refractivity contribution in [3.05, 3.63) is 0 Å². The number of carboxylic acid groups (broad SMARTS) is 9. The van der Waals surface area contributed by atoms with Gasteiger partial charge in [0.2, 0.25) is 0 Å². The van der Waals surface area contributed by atoms with Gasteiger partial charge >= 0.3 is 53.7 Å². The summed E-state index contributed by atoms with van der Waals surface area (Å²) in [5.74, 6) is -15.1. The molecule has 0 saturated carbocycles. The number of rotatable bonds is 15. The molecule has 0 unspecified atom stereocenters. The minimum Gasteiger partial charge on any atom is -0.481 e. The van der Waals surface area contributed by atoms with Gasteiger partial charge in [0.15, 0.2) is 16.8 Å². The van der Waals surface area contributed by atoms with Gasteiger partial charge in [-0.1, -0.05) is 0 Å². The first kappa shape index (κ1) is 50.8. The molecule has 1 radical (unpaired) electrons. The van der Waals surface area contributed by atoms with E-state index in [0.29, 0.717) is 0 Å². The fourth-order valence-electron chi connectivity index (χ4n) is 2.14. The molecule has 0 spiro atoms. The molecule has 239 valence electrons. The molecule has 0 saturated heterocycles. The molecule has 0 amide bonds. The number of carbonyl (C=O) groups is 9. The maximum absolute atomic E-state index is 10.3. The minimum atomic E-state index is -2.74. The Morgan fingerprint density at radius 1 is 0.333 bits per heavy atom. The first-order chi connectivity index (χ1) is 17.3.